The Morgan fingerprint density at radius 1 is 1.67 bits per heavy atom. The Balaban J connectivity index is 2.54. The number of esters is 1. The number of anilines is 1. The van der Waals surface area contributed by atoms with Crippen molar-refractivity contribution >= 4 is 39.5 Å². The molecular formula is C8H10BrN3O2S. The number of ether oxygens (including phenoxy) is 1. The fourth-order valence-corrected chi connectivity index (χ4v) is 1.99. The number of carbonyl (C=O) groups is 1. The highest BCUT2D eigenvalue weighted by Gasteiger charge is 2.06. The first-order valence-corrected chi connectivity index (χ1v) is 5.98. The fourth-order valence-electron chi connectivity index (χ4n) is 0.804. The molecular weight excluding hydrogens is 282 g/mol. The van der Waals surface area contributed by atoms with Gasteiger partial charge in [0.15, 0.2) is 5.16 Å². The van der Waals surface area contributed by atoms with Crippen molar-refractivity contribution in [2.24, 2.45) is 0 Å². The number of aromatic nitrogens is 2. The zero-order valence-corrected chi connectivity index (χ0v) is 10.5. The van der Waals surface area contributed by atoms with E-state index in [-0.39, 0.29) is 11.7 Å². The molecule has 0 aliphatic heterocycles. The Labute approximate surface area is 99.9 Å². The number of hydrogen-bond donors (Lipinski definition) is 1. The Hall–Kier alpha value is -0.820. The van der Waals surface area contributed by atoms with Gasteiger partial charge in [0.05, 0.1) is 12.4 Å². The number of nitrogens with zero attached hydrogens (tertiary/aromatic N) is 2. The minimum absolute atomic E-state index is 0.184. The Bertz CT molecular complexity index is 341. The molecule has 7 heteroatoms. The summed E-state index contributed by atoms with van der Waals surface area (Å²) in [6, 6.07) is 1.59. The summed E-state index contributed by atoms with van der Waals surface area (Å²) in [4.78, 5) is 19.0. The van der Waals surface area contributed by atoms with E-state index in [1.807, 2.05) is 0 Å². The maximum absolute atomic E-state index is 11.0. The van der Waals surface area contributed by atoms with Crippen LogP contribution in [0, 0.1) is 0 Å². The smallest absolute Gasteiger partial charge is 0.316 e. The van der Waals surface area contributed by atoms with Gasteiger partial charge in [-0.3, -0.25) is 4.79 Å². The van der Waals surface area contributed by atoms with Crippen LogP contribution in [-0.2, 0) is 9.53 Å². The number of carbonyl (C=O) groups excluding carboxylic acids is 1. The van der Waals surface area contributed by atoms with Crippen molar-refractivity contribution in [3.05, 3.63) is 10.7 Å². The molecule has 0 saturated heterocycles. The molecule has 0 atom stereocenters. The molecule has 0 amide bonds. The number of nitrogens with two attached hydrogens (primary N) is 1. The summed E-state index contributed by atoms with van der Waals surface area (Å²) in [5.41, 5.74) is 5.51. The average molecular weight is 292 g/mol. The second-order valence-electron chi connectivity index (χ2n) is 2.49. The van der Waals surface area contributed by atoms with E-state index in [1.165, 1.54) is 11.8 Å². The van der Waals surface area contributed by atoms with Gasteiger partial charge < -0.3 is 10.5 Å². The van der Waals surface area contributed by atoms with Crippen LogP contribution in [-0.4, -0.2) is 28.3 Å². The van der Waals surface area contributed by atoms with E-state index >= 15 is 0 Å². The van der Waals surface area contributed by atoms with Crippen LogP contribution in [0.15, 0.2) is 15.8 Å². The monoisotopic (exact) mass is 291 g/mol. The normalized spacial score (nSPS) is 10.0. The molecule has 0 spiro atoms. The highest BCUT2D eigenvalue weighted by molar-refractivity contribution is 9.10. The molecule has 0 radical (unpaired) electrons. The van der Waals surface area contributed by atoms with Gasteiger partial charge in [0.1, 0.15) is 10.4 Å². The van der Waals surface area contributed by atoms with Crippen molar-refractivity contribution in [3.63, 3.8) is 0 Å². The number of nitrogen functional groups attached to an aromatic ring is 1. The standard InChI is InChI=1S/C8H10BrN3O2S/c1-2-14-7(13)4-15-8-11-5(9)3-6(10)12-8/h3H,2,4H2,1H3,(H2,10,11,12). The van der Waals surface area contributed by atoms with Gasteiger partial charge in [-0.1, -0.05) is 11.8 Å². The summed E-state index contributed by atoms with van der Waals surface area (Å²) in [7, 11) is 0. The van der Waals surface area contributed by atoms with Gasteiger partial charge in [-0.2, -0.15) is 0 Å². The number of thioether (sulfide) groups is 1. The van der Waals surface area contributed by atoms with Crippen LogP contribution >= 0.6 is 27.7 Å². The molecule has 15 heavy (non-hydrogen) atoms. The van der Waals surface area contributed by atoms with Crippen LogP contribution < -0.4 is 5.73 Å². The Morgan fingerprint density at radius 2 is 2.40 bits per heavy atom. The second kappa shape index (κ2) is 5.92. The van der Waals surface area contributed by atoms with Crippen molar-refractivity contribution in [1.82, 2.24) is 9.97 Å². The van der Waals surface area contributed by atoms with Gasteiger partial charge in [0.2, 0.25) is 0 Å². The minimum Gasteiger partial charge on any atom is -0.465 e. The molecule has 2 N–H and O–H groups in total. The molecule has 0 unspecified atom stereocenters. The largest absolute Gasteiger partial charge is 0.465 e. The lowest BCUT2D eigenvalue weighted by Gasteiger charge is -2.02. The van der Waals surface area contributed by atoms with Crippen LogP contribution in [0.3, 0.4) is 0 Å². The highest BCUT2D eigenvalue weighted by atomic mass is 79.9. The third-order valence-electron chi connectivity index (χ3n) is 1.32. The number of rotatable bonds is 4. The molecule has 1 heterocycles. The van der Waals surface area contributed by atoms with E-state index in [0.717, 1.165) is 0 Å². The SMILES string of the molecule is CCOC(=O)CSc1nc(N)cc(Br)n1. The molecule has 0 aliphatic carbocycles. The second-order valence-corrected chi connectivity index (χ2v) is 4.25. The summed E-state index contributed by atoms with van der Waals surface area (Å²) in [5, 5.41) is 0.454. The van der Waals surface area contributed by atoms with Crippen LogP contribution in [0.5, 0.6) is 0 Å². The summed E-state index contributed by atoms with van der Waals surface area (Å²) in [5.74, 6) is 0.261. The molecule has 5 nitrogen and oxygen atoms in total. The highest BCUT2D eigenvalue weighted by Crippen LogP contribution is 2.18. The Morgan fingerprint density at radius 3 is 3.00 bits per heavy atom. The number of halogens is 1. The predicted octanol–water partition coefficient (Wildman–Crippen LogP) is 1.48. The van der Waals surface area contributed by atoms with E-state index < -0.39 is 0 Å². The maximum atomic E-state index is 11.0. The van der Waals surface area contributed by atoms with Crippen LogP contribution in [0.1, 0.15) is 6.92 Å². The zero-order chi connectivity index (χ0) is 11.3. The van der Waals surface area contributed by atoms with Gasteiger partial charge in [0.25, 0.3) is 0 Å². The average Bonchev–Trinajstić information content (AvgIpc) is 2.14. The predicted molar refractivity (Wildman–Crippen MR) is 61.5 cm³/mol. The molecule has 1 rings (SSSR count). The lowest BCUT2D eigenvalue weighted by atomic mass is 10.6. The summed E-state index contributed by atoms with van der Waals surface area (Å²) in [6.07, 6.45) is 0. The lowest BCUT2D eigenvalue weighted by Crippen LogP contribution is -2.07. The quantitative estimate of drug-likeness (QED) is 0.392. The third-order valence-corrected chi connectivity index (χ3v) is 2.55. The summed E-state index contributed by atoms with van der Waals surface area (Å²) >= 11 is 4.38. The molecule has 82 valence electrons. The number of hydrogen-bond acceptors (Lipinski definition) is 6. The van der Waals surface area contributed by atoms with E-state index in [9.17, 15) is 4.79 Å². The van der Waals surface area contributed by atoms with Gasteiger partial charge in [-0.15, -0.1) is 0 Å². The van der Waals surface area contributed by atoms with Gasteiger partial charge in [-0.05, 0) is 22.9 Å². The maximum Gasteiger partial charge on any atom is 0.316 e. The van der Waals surface area contributed by atoms with Crippen LogP contribution in [0.4, 0.5) is 5.82 Å². The third kappa shape index (κ3) is 4.48. The van der Waals surface area contributed by atoms with Crippen LogP contribution in [0.25, 0.3) is 0 Å². The van der Waals surface area contributed by atoms with Crippen molar-refractivity contribution < 1.29 is 9.53 Å². The zero-order valence-electron chi connectivity index (χ0n) is 8.07. The van der Waals surface area contributed by atoms with Crippen LogP contribution in [0.2, 0.25) is 0 Å². The van der Waals surface area contributed by atoms with Crippen molar-refractivity contribution in [1.29, 1.82) is 0 Å². The summed E-state index contributed by atoms with van der Waals surface area (Å²) in [6.45, 7) is 2.14. The molecule has 0 aromatic carbocycles. The topological polar surface area (TPSA) is 78.1 Å². The molecule has 0 aliphatic rings. The van der Waals surface area contributed by atoms with Crippen molar-refractivity contribution in [2.75, 3.05) is 18.1 Å². The first-order valence-electron chi connectivity index (χ1n) is 4.20. The molecule has 1 aromatic heterocycles. The minimum atomic E-state index is -0.287. The molecule has 0 bridgehead atoms. The first kappa shape index (κ1) is 12.3. The molecule has 1 aromatic rings. The van der Waals surface area contributed by atoms with E-state index in [0.29, 0.717) is 22.2 Å². The summed E-state index contributed by atoms with van der Waals surface area (Å²) < 4.78 is 5.36. The first-order chi connectivity index (χ1) is 7.11. The van der Waals surface area contributed by atoms with Gasteiger partial charge in [0, 0.05) is 6.07 Å². The van der Waals surface area contributed by atoms with E-state index in [4.69, 9.17) is 10.5 Å². The lowest BCUT2D eigenvalue weighted by molar-refractivity contribution is -0.139. The van der Waals surface area contributed by atoms with Gasteiger partial charge in [-0.25, -0.2) is 9.97 Å². The van der Waals surface area contributed by atoms with Gasteiger partial charge >= 0.3 is 5.97 Å². The van der Waals surface area contributed by atoms with Crippen molar-refractivity contribution in [2.45, 2.75) is 12.1 Å². The Kier molecular flexibility index (Phi) is 4.83. The van der Waals surface area contributed by atoms with E-state index in [2.05, 4.69) is 25.9 Å². The molecule has 0 saturated carbocycles. The molecule has 0 fully saturated rings. The van der Waals surface area contributed by atoms with Crippen molar-refractivity contribution in [3.8, 4) is 0 Å². The fraction of sp³-hybridized carbons (Fsp3) is 0.375. The van der Waals surface area contributed by atoms with E-state index in [1.54, 1.807) is 13.0 Å².